The summed E-state index contributed by atoms with van der Waals surface area (Å²) in [6.45, 7) is 0. The molecule has 128 valence electrons. The minimum absolute atomic E-state index is 0.00191. The van der Waals surface area contributed by atoms with Crippen molar-refractivity contribution < 1.29 is 13.2 Å². The average Bonchev–Trinajstić information content (AvgIpc) is 2.98. The normalized spacial score (nSPS) is 26.8. The van der Waals surface area contributed by atoms with Crippen LogP contribution in [0.1, 0.15) is 49.9 Å². The van der Waals surface area contributed by atoms with Gasteiger partial charge < -0.3 is 4.57 Å². The molecule has 5 rings (SSSR count). The van der Waals surface area contributed by atoms with E-state index in [9.17, 15) is 13.2 Å². The molecular weight excluding hydrogens is 315 g/mol. The lowest BCUT2D eigenvalue weighted by atomic mass is 9.60. The first kappa shape index (κ1) is 15.7. The lowest BCUT2D eigenvalue weighted by Crippen LogP contribution is -2.39. The third kappa shape index (κ3) is 2.34. The zero-order valence-electron chi connectivity index (χ0n) is 13.6. The summed E-state index contributed by atoms with van der Waals surface area (Å²) in [5.74, 6) is 1.98. The van der Waals surface area contributed by atoms with Gasteiger partial charge in [0, 0.05) is 18.0 Å². The first-order valence-electron chi connectivity index (χ1n) is 8.47. The van der Waals surface area contributed by atoms with Gasteiger partial charge in [-0.25, -0.2) is 0 Å². The molecule has 0 atom stereocenters. The van der Waals surface area contributed by atoms with Crippen molar-refractivity contribution in [1.82, 2.24) is 14.8 Å². The number of halogens is 3. The summed E-state index contributed by atoms with van der Waals surface area (Å²) in [4.78, 5) is 0. The predicted octanol–water partition coefficient (Wildman–Crippen LogP) is 4.72. The van der Waals surface area contributed by atoms with Gasteiger partial charge in [-0.05, 0) is 50.5 Å². The highest BCUT2D eigenvalue weighted by atomic mass is 19.4. The van der Waals surface area contributed by atoms with Crippen LogP contribution in [0, 0.1) is 5.92 Å². The molecule has 0 aliphatic heterocycles. The maximum absolute atomic E-state index is 13.3. The quantitative estimate of drug-likeness (QED) is 0.795. The van der Waals surface area contributed by atoms with Crippen molar-refractivity contribution in [3.8, 4) is 11.4 Å². The molecule has 3 nitrogen and oxygen atoms in total. The van der Waals surface area contributed by atoms with Crippen molar-refractivity contribution in [3.05, 3.63) is 35.7 Å². The number of alkyl halides is 3. The van der Waals surface area contributed by atoms with Crippen LogP contribution in [0.4, 0.5) is 13.2 Å². The molecule has 0 radical (unpaired) electrons. The zero-order valence-corrected chi connectivity index (χ0v) is 13.6. The Bertz CT molecular complexity index is 741. The van der Waals surface area contributed by atoms with Crippen LogP contribution in [0.15, 0.2) is 24.3 Å². The van der Waals surface area contributed by atoms with Crippen LogP contribution in [0.25, 0.3) is 11.4 Å². The predicted molar refractivity (Wildman–Crippen MR) is 84.3 cm³/mol. The van der Waals surface area contributed by atoms with E-state index in [4.69, 9.17) is 0 Å². The van der Waals surface area contributed by atoms with Crippen molar-refractivity contribution in [2.75, 3.05) is 0 Å². The van der Waals surface area contributed by atoms with Crippen LogP contribution in [0.3, 0.4) is 0 Å². The van der Waals surface area contributed by atoms with Gasteiger partial charge in [0.1, 0.15) is 5.82 Å². The lowest BCUT2D eigenvalue weighted by Gasteiger charge is -2.45. The molecule has 3 aliphatic rings. The van der Waals surface area contributed by atoms with Crippen LogP contribution >= 0.6 is 0 Å². The van der Waals surface area contributed by atoms with E-state index in [1.54, 1.807) is 17.7 Å². The van der Waals surface area contributed by atoms with E-state index >= 15 is 0 Å². The fraction of sp³-hybridized carbons (Fsp3) is 0.556. The molecule has 0 spiro atoms. The largest absolute Gasteiger partial charge is 0.417 e. The molecule has 6 heteroatoms. The van der Waals surface area contributed by atoms with Crippen molar-refractivity contribution >= 4 is 0 Å². The Morgan fingerprint density at radius 2 is 1.67 bits per heavy atom. The maximum atomic E-state index is 13.3. The monoisotopic (exact) mass is 335 g/mol. The molecule has 1 aromatic heterocycles. The van der Waals surface area contributed by atoms with Crippen LogP contribution < -0.4 is 0 Å². The summed E-state index contributed by atoms with van der Waals surface area (Å²) in [6, 6.07) is 5.60. The van der Waals surface area contributed by atoms with Gasteiger partial charge >= 0.3 is 6.18 Å². The SMILES string of the molecule is Cn1c(-c2ccccc2C(F)(F)F)nnc1C12CCC(CC1)CC2. The van der Waals surface area contributed by atoms with Gasteiger partial charge in [0.05, 0.1) is 5.56 Å². The molecule has 0 N–H and O–H groups in total. The highest BCUT2D eigenvalue weighted by Crippen LogP contribution is 2.51. The smallest absolute Gasteiger partial charge is 0.314 e. The van der Waals surface area contributed by atoms with E-state index < -0.39 is 11.7 Å². The topological polar surface area (TPSA) is 30.7 Å². The third-order valence-corrected chi connectivity index (χ3v) is 5.92. The zero-order chi connectivity index (χ0) is 16.9. The number of rotatable bonds is 2. The number of fused-ring (bicyclic) bond motifs is 3. The van der Waals surface area contributed by atoms with Gasteiger partial charge in [0.25, 0.3) is 0 Å². The maximum Gasteiger partial charge on any atom is 0.417 e. The number of hydrogen-bond donors (Lipinski definition) is 0. The van der Waals surface area contributed by atoms with Gasteiger partial charge in [-0.2, -0.15) is 13.2 Å². The number of benzene rings is 1. The van der Waals surface area contributed by atoms with Crippen LogP contribution in [0.5, 0.6) is 0 Å². The Hall–Kier alpha value is -1.85. The molecule has 3 aliphatic carbocycles. The van der Waals surface area contributed by atoms with Gasteiger partial charge in [-0.1, -0.05) is 18.2 Å². The summed E-state index contributed by atoms with van der Waals surface area (Å²) in [7, 11) is 1.80. The molecule has 3 fully saturated rings. The second-order valence-electron chi connectivity index (χ2n) is 7.21. The molecule has 0 amide bonds. The van der Waals surface area contributed by atoms with E-state index in [0.717, 1.165) is 37.1 Å². The van der Waals surface area contributed by atoms with E-state index in [1.165, 1.54) is 31.4 Å². The first-order chi connectivity index (χ1) is 11.4. The highest BCUT2D eigenvalue weighted by Gasteiger charge is 2.45. The van der Waals surface area contributed by atoms with Gasteiger partial charge in [-0.3, -0.25) is 0 Å². The molecule has 1 aromatic carbocycles. The molecule has 0 saturated heterocycles. The number of hydrogen-bond acceptors (Lipinski definition) is 2. The molecule has 1 heterocycles. The fourth-order valence-corrected chi connectivity index (χ4v) is 4.54. The number of aromatic nitrogens is 3. The van der Waals surface area contributed by atoms with E-state index in [1.807, 2.05) is 0 Å². The van der Waals surface area contributed by atoms with Gasteiger partial charge in [-0.15, -0.1) is 10.2 Å². The molecule has 3 saturated carbocycles. The second-order valence-corrected chi connectivity index (χ2v) is 7.21. The van der Waals surface area contributed by atoms with Crippen LogP contribution in [0.2, 0.25) is 0 Å². The van der Waals surface area contributed by atoms with E-state index in [-0.39, 0.29) is 11.0 Å². The van der Waals surface area contributed by atoms with E-state index in [2.05, 4.69) is 10.2 Å². The standard InChI is InChI=1S/C18H20F3N3/c1-24-15(13-4-2-3-5-14(13)18(19,20)21)22-23-16(24)17-9-6-12(7-10-17)8-11-17/h2-5,12H,6-11H2,1H3. The molecule has 0 unspecified atom stereocenters. The molecule has 24 heavy (non-hydrogen) atoms. The fourth-order valence-electron chi connectivity index (χ4n) is 4.54. The highest BCUT2D eigenvalue weighted by molar-refractivity contribution is 5.61. The Labute approximate surface area is 138 Å². The summed E-state index contributed by atoms with van der Waals surface area (Å²) < 4.78 is 41.7. The third-order valence-electron chi connectivity index (χ3n) is 5.92. The van der Waals surface area contributed by atoms with Crippen LogP contribution in [-0.2, 0) is 18.6 Å². The molecule has 2 bridgehead atoms. The van der Waals surface area contributed by atoms with E-state index in [0.29, 0.717) is 5.82 Å². The summed E-state index contributed by atoms with van der Waals surface area (Å²) in [6.07, 6.45) is 2.41. The van der Waals surface area contributed by atoms with Gasteiger partial charge in [0.2, 0.25) is 0 Å². The molecular formula is C18H20F3N3. The summed E-state index contributed by atoms with van der Waals surface area (Å²) in [5, 5.41) is 8.51. The van der Waals surface area contributed by atoms with Gasteiger partial charge in [0.15, 0.2) is 5.82 Å². The van der Waals surface area contributed by atoms with Crippen molar-refractivity contribution in [2.24, 2.45) is 13.0 Å². The van der Waals surface area contributed by atoms with Crippen molar-refractivity contribution in [2.45, 2.75) is 50.1 Å². The minimum Gasteiger partial charge on any atom is -0.314 e. The minimum atomic E-state index is -4.40. The Kier molecular flexibility index (Phi) is 3.48. The Balaban J connectivity index is 1.79. The summed E-state index contributed by atoms with van der Waals surface area (Å²) in [5.41, 5.74) is -0.550. The Morgan fingerprint density at radius 3 is 2.29 bits per heavy atom. The second kappa shape index (κ2) is 5.33. The Morgan fingerprint density at radius 1 is 1.04 bits per heavy atom. The van der Waals surface area contributed by atoms with Crippen LogP contribution in [-0.4, -0.2) is 14.8 Å². The van der Waals surface area contributed by atoms with Crippen molar-refractivity contribution in [1.29, 1.82) is 0 Å². The van der Waals surface area contributed by atoms with Crippen molar-refractivity contribution in [3.63, 3.8) is 0 Å². The average molecular weight is 335 g/mol. The first-order valence-corrected chi connectivity index (χ1v) is 8.47. The number of nitrogens with zero attached hydrogens (tertiary/aromatic N) is 3. The molecule has 2 aromatic rings. The summed E-state index contributed by atoms with van der Waals surface area (Å²) >= 11 is 0. The lowest BCUT2D eigenvalue weighted by molar-refractivity contribution is -0.137.